The smallest absolute Gasteiger partial charge is 0.234 e. The van der Waals surface area contributed by atoms with Crippen molar-refractivity contribution in [3.63, 3.8) is 0 Å². The van der Waals surface area contributed by atoms with Crippen LogP contribution in [0.15, 0.2) is 12.4 Å². The molecule has 0 unspecified atom stereocenters. The minimum atomic E-state index is 0.334. The van der Waals surface area contributed by atoms with Gasteiger partial charge in [-0.15, -0.1) is 0 Å². The lowest BCUT2D eigenvalue weighted by molar-refractivity contribution is -0.130. The van der Waals surface area contributed by atoms with Crippen molar-refractivity contribution in [2.24, 2.45) is 5.92 Å². The molecule has 0 N–H and O–H groups in total. The molecule has 6 heteroatoms. The standard InChI is InChI=1S/C19H28N4O2/c24-19-6-3-9-23(19)16-7-10-22(11-8-16)17-12-20-13-18(21-17)25-14-15-4-1-2-5-15/h12-13,15-16H,1-11,14H2. The summed E-state index contributed by atoms with van der Waals surface area (Å²) in [5.74, 6) is 2.55. The number of anilines is 1. The monoisotopic (exact) mass is 344 g/mol. The van der Waals surface area contributed by atoms with Crippen LogP contribution in [0.4, 0.5) is 5.82 Å². The Morgan fingerprint density at radius 2 is 1.84 bits per heavy atom. The van der Waals surface area contributed by atoms with Crippen LogP contribution in [0.3, 0.4) is 0 Å². The lowest BCUT2D eigenvalue weighted by Gasteiger charge is -2.37. The van der Waals surface area contributed by atoms with Crippen molar-refractivity contribution >= 4 is 11.7 Å². The van der Waals surface area contributed by atoms with Crippen LogP contribution >= 0.6 is 0 Å². The minimum Gasteiger partial charge on any atom is -0.476 e. The number of amides is 1. The first-order valence-electron chi connectivity index (χ1n) is 9.79. The molecule has 4 rings (SSSR count). The number of likely N-dealkylation sites (tertiary alicyclic amines) is 1. The summed E-state index contributed by atoms with van der Waals surface area (Å²) in [5.41, 5.74) is 0. The normalized spacial score (nSPS) is 22.8. The van der Waals surface area contributed by atoms with Gasteiger partial charge in [0.15, 0.2) is 5.82 Å². The minimum absolute atomic E-state index is 0.334. The maximum Gasteiger partial charge on any atom is 0.234 e. The fraction of sp³-hybridized carbons (Fsp3) is 0.737. The first-order valence-corrected chi connectivity index (χ1v) is 9.79. The number of ether oxygens (including phenoxy) is 1. The Balaban J connectivity index is 1.31. The summed E-state index contributed by atoms with van der Waals surface area (Å²) in [7, 11) is 0. The van der Waals surface area contributed by atoms with E-state index >= 15 is 0 Å². The number of rotatable bonds is 5. The van der Waals surface area contributed by atoms with Crippen molar-refractivity contribution in [1.29, 1.82) is 0 Å². The van der Waals surface area contributed by atoms with E-state index in [-0.39, 0.29) is 0 Å². The third kappa shape index (κ3) is 3.88. The van der Waals surface area contributed by atoms with E-state index in [9.17, 15) is 4.79 Å². The zero-order valence-electron chi connectivity index (χ0n) is 14.9. The molecule has 2 saturated heterocycles. The van der Waals surface area contributed by atoms with Gasteiger partial charge in [0, 0.05) is 32.1 Å². The second kappa shape index (κ2) is 7.58. The van der Waals surface area contributed by atoms with Crippen molar-refractivity contribution in [2.45, 2.75) is 57.4 Å². The Kier molecular flexibility index (Phi) is 5.04. The van der Waals surface area contributed by atoms with Gasteiger partial charge in [-0.05, 0) is 38.0 Å². The molecule has 2 aliphatic heterocycles. The first kappa shape index (κ1) is 16.6. The number of piperidine rings is 1. The molecule has 136 valence electrons. The van der Waals surface area contributed by atoms with Crippen molar-refractivity contribution in [3.05, 3.63) is 12.4 Å². The van der Waals surface area contributed by atoms with E-state index in [0.717, 1.165) is 57.7 Å². The van der Waals surface area contributed by atoms with Crippen molar-refractivity contribution in [3.8, 4) is 5.88 Å². The second-order valence-corrected chi connectivity index (χ2v) is 7.59. The van der Waals surface area contributed by atoms with Gasteiger partial charge in [0.2, 0.25) is 11.8 Å². The van der Waals surface area contributed by atoms with Gasteiger partial charge in [0.25, 0.3) is 0 Å². The van der Waals surface area contributed by atoms with Gasteiger partial charge < -0.3 is 14.5 Å². The highest BCUT2D eigenvalue weighted by Crippen LogP contribution is 2.27. The van der Waals surface area contributed by atoms with Gasteiger partial charge in [-0.2, -0.15) is 4.98 Å². The molecule has 0 aromatic carbocycles. The Morgan fingerprint density at radius 3 is 2.56 bits per heavy atom. The molecule has 1 aromatic heterocycles. The van der Waals surface area contributed by atoms with Crippen molar-refractivity contribution in [1.82, 2.24) is 14.9 Å². The van der Waals surface area contributed by atoms with Crippen LogP contribution in [0.5, 0.6) is 5.88 Å². The summed E-state index contributed by atoms with van der Waals surface area (Å²) < 4.78 is 5.88. The Morgan fingerprint density at radius 1 is 1.04 bits per heavy atom. The molecule has 0 spiro atoms. The largest absolute Gasteiger partial charge is 0.476 e. The zero-order chi connectivity index (χ0) is 17.1. The SMILES string of the molecule is O=C1CCCN1C1CCN(c2cncc(OCC3CCCC3)n2)CC1. The van der Waals surface area contributed by atoms with Crippen LogP contribution in [-0.4, -0.2) is 53.1 Å². The van der Waals surface area contributed by atoms with E-state index in [1.165, 1.54) is 25.7 Å². The maximum absolute atomic E-state index is 11.9. The Hall–Kier alpha value is -1.85. The lowest BCUT2D eigenvalue weighted by atomic mass is 10.0. The Labute approximate surface area is 149 Å². The van der Waals surface area contributed by atoms with E-state index in [4.69, 9.17) is 4.74 Å². The highest BCUT2D eigenvalue weighted by Gasteiger charge is 2.31. The molecule has 6 nitrogen and oxygen atoms in total. The van der Waals surface area contributed by atoms with Crippen molar-refractivity contribution in [2.75, 3.05) is 31.1 Å². The summed E-state index contributed by atoms with van der Waals surface area (Å²) in [4.78, 5) is 25.3. The molecule has 3 heterocycles. The molecule has 25 heavy (non-hydrogen) atoms. The van der Waals surface area contributed by atoms with Gasteiger partial charge in [-0.25, -0.2) is 0 Å². The topological polar surface area (TPSA) is 58.6 Å². The van der Waals surface area contributed by atoms with Crippen LogP contribution < -0.4 is 9.64 Å². The van der Waals surface area contributed by atoms with Crippen LogP contribution in [-0.2, 0) is 4.79 Å². The highest BCUT2D eigenvalue weighted by molar-refractivity contribution is 5.78. The molecule has 3 aliphatic rings. The fourth-order valence-corrected chi connectivity index (χ4v) is 4.40. The first-order chi connectivity index (χ1) is 12.3. The van der Waals surface area contributed by atoms with Gasteiger partial charge in [-0.3, -0.25) is 9.78 Å². The van der Waals surface area contributed by atoms with Crippen LogP contribution in [0, 0.1) is 5.92 Å². The van der Waals surface area contributed by atoms with Gasteiger partial charge >= 0.3 is 0 Å². The predicted molar refractivity (Wildman–Crippen MR) is 95.7 cm³/mol. The molecule has 1 amide bonds. The quantitative estimate of drug-likeness (QED) is 0.822. The summed E-state index contributed by atoms with van der Waals surface area (Å²) in [5, 5.41) is 0. The summed E-state index contributed by atoms with van der Waals surface area (Å²) in [6.07, 6.45) is 12.5. The fourth-order valence-electron chi connectivity index (χ4n) is 4.40. The highest BCUT2D eigenvalue weighted by atomic mass is 16.5. The van der Waals surface area contributed by atoms with Gasteiger partial charge in [0.05, 0.1) is 19.0 Å². The van der Waals surface area contributed by atoms with E-state index in [2.05, 4.69) is 19.8 Å². The molecule has 0 radical (unpaired) electrons. The average Bonchev–Trinajstić information content (AvgIpc) is 3.32. The molecular formula is C19H28N4O2. The third-order valence-corrected chi connectivity index (χ3v) is 5.88. The van der Waals surface area contributed by atoms with Crippen molar-refractivity contribution < 1.29 is 9.53 Å². The third-order valence-electron chi connectivity index (χ3n) is 5.88. The summed E-state index contributed by atoms with van der Waals surface area (Å²) in [6.45, 7) is 3.55. The zero-order valence-corrected chi connectivity index (χ0v) is 14.9. The Bertz CT molecular complexity index is 595. The second-order valence-electron chi connectivity index (χ2n) is 7.59. The van der Waals surface area contributed by atoms with Crippen LogP contribution in [0.25, 0.3) is 0 Å². The molecule has 1 aromatic rings. The average molecular weight is 344 g/mol. The number of hydrogen-bond acceptors (Lipinski definition) is 5. The molecule has 3 fully saturated rings. The van der Waals surface area contributed by atoms with Crippen LogP contribution in [0.1, 0.15) is 51.4 Å². The molecule has 0 atom stereocenters. The van der Waals surface area contributed by atoms with Gasteiger partial charge in [-0.1, -0.05) is 12.8 Å². The number of nitrogens with zero attached hydrogens (tertiary/aromatic N) is 4. The number of carbonyl (C=O) groups excluding carboxylic acids is 1. The van der Waals surface area contributed by atoms with E-state index in [1.54, 1.807) is 6.20 Å². The maximum atomic E-state index is 11.9. The number of hydrogen-bond donors (Lipinski definition) is 0. The number of aromatic nitrogens is 2. The molecular weight excluding hydrogens is 316 g/mol. The molecule has 1 saturated carbocycles. The summed E-state index contributed by atoms with van der Waals surface area (Å²) in [6, 6.07) is 0.404. The predicted octanol–water partition coefficient (Wildman–Crippen LogP) is 2.64. The summed E-state index contributed by atoms with van der Waals surface area (Å²) >= 11 is 0. The van der Waals surface area contributed by atoms with Crippen LogP contribution in [0.2, 0.25) is 0 Å². The van der Waals surface area contributed by atoms with E-state index in [1.807, 2.05) is 6.20 Å². The van der Waals surface area contributed by atoms with Gasteiger partial charge in [0.1, 0.15) is 0 Å². The molecule has 1 aliphatic carbocycles. The number of carbonyl (C=O) groups is 1. The van der Waals surface area contributed by atoms with E-state index < -0.39 is 0 Å². The lowest BCUT2D eigenvalue weighted by Crippen LogP contribution is -2.45. The molecule has 0 bridgehead atoms. The van der Waals surface area contributed by atoms with E-state index in [0.29, 0.717) is 23.7 Å².